The van der Waals surface area contributed by atoms with E-state index < -0.39 is 21.8 Å². The van der Waals surface area contributed by atoms with E-state index in [0.717, 1.165) is 5.56 Å². The average molecular weight is 417 g/mol. The number of phenols is 1. The van der Waals surface area contributed by atoms with E-state index in [1.807, 2.05) is 6.92 Å². The highest BCUT2D eigenvalue weighted by Gasteiger charge is 2.32. The van der Waals surface area contributed by atoms with Crippen LogP contribution in [0.2, 0.25) is 0 Å². The molecule has 9 heteroatoms. The Morgan fingerprint density at radius 3 is 2.24 bits per heavy atom. The standard InChI is InChI=1S/C20H23N3O5S/c1-14-6-8-16(9-7-14)29(27,28)23-12-10-15(11-13-23)19(25)21-22-20(26)17-4-2-3-5-18(17)24/h2-9,15,24H,10-13H2,1H3,(H,21,25)(H,22,26). The van der Waals surface area contributed by atoms with Gasteiger partial charge in [-0.3, -0.25) is 20.4 Å². The minimum absolute atomic E-state index is 0.0480. The number of sulfonamides is 1. The number of nitrogens with zero attached hydrogens (tertiary/aromatic N) is 1. The fraction of sp³-hybridized carbons (Fsp3) is 0.300. The van der Waals surface area contributed by atoms with E-state index in [1.54, 1.807) is 36.4 Å². The molecule has 0 saturated carbocycles. The number of phenolic OH excluding ortho intramolecular Hbond substituents is 1. The second kappa shape index (κ2) is 8.62. The number of carbonyl (C=O) groups is 2. The van der Waals surface area contributed by atoms with Gasteiger partial charge in [0.05, 0.1) is 10.5 Å². The summed E-state index contributed by atoms with van der Waals surface area (Å²) < 4.78 is 26.8. The van der Waals surface area contributed by atoms with Gasteiger partial charge in [0.25, 0.3) is 5.91 Å². The summed E-state index contributed by atoms with van der Waals surface area (Å²) in [6.07, 6.45) is 0.701. The van der Waals surface area contributed by atoms with Crippen molar-refractivity contribution in [2.45, 2.75) is 24.7 Å². The lowest BCUT2D eigenvalue weighted by Crippen LogP contribution is -2.48. The third-order valence-corrected chi connectivity index (χ3v) is 6.84. The Bertz CT molecular complexity index is 997. The first-order valence-electron chi connectivity index (χ1n) is 9.24. The Morgan fingerprint density at radius 1 is 1.00 bits per heavy atom. The normalized spacial score (nSPS) is 15.6. The number of hydrogen-bond acceptors (Lipinski definition) is 5. The summed E-state index contributed by atoms with van der Waals surface area (Å²) in [6, 6.07) is 12.7. The van der Waals surface area contributed by atoms with Gasteiger partial charge in [-0.15, -0.1) is 0 Å². The van der Waals surface area contributed by atoms with Gasteiger partial charge in [-0.2, -0.15) is 4.31 Å². The van der Waals surface area contributed by atoms with Gasteiger partial charge < -0.3 is 5.11 Å². The number of aromatic hydroxyl groups is 1. The Balaban J connectivity index is 1.53. The maximum Gasteiger partial charge on any atom is 0.273 e. The summed E-state index contributed by atoms with van der Waals surface area (Å²) >= 11 is 0. The molecule has 1 aliphatic rings. The van der Waals surface area contributed by atoms with E-state index in [1.165, 1.54) is 16.4 Å². The minimum Gasteiger partial charge on any atom is -0.507 e. The third kappa shape index (κ3) is 4.75. The highest BCUT2D eigenvalue weighted by Crippen LogP contribution is 2.24. The van der Waals surface area contributed by atoms with Gasteiger partial charge in [-0.25, -0.2) is 8.42 Å². The van der Waals surface area contributed by atoms with Gasteiger partial charge in [0.1, 0.15) is 5.75 Å². The van der Waals surface area contributed by atoms with Crippen LogP contribution in [0.4, 0.5) is 0 Å². The number of hydrazine groups is 1. The van der Waals surface area contributed by atoms with Crippen LogP contribution in [0.3, 0.4) is 0 Å². The maximum atomic E-state index is 12.7. The van der Waals surface area contributed by atoms with Crippen LogP contribution in [-0.4, -0.2) is 42.7 Å². The molecule has 0 spiro atoms. The second-order valence-corrected chi connectivity index (χ2v) is 8.89. The predicted molar refractivity (Wildman–Crippen MR) is 106 cm³/mol. The monoisotopic (exact) mass is 417 g/mol. The number of piperidine rings is 1. The van der Waals surface area contributed by atoms with Crippen LogP contribution < -0.4 is 10.9 Å². The maximum absolute atomic E-state index is 12.7. The van der Waals surface area contributed by atoms with E-state index in [-0.39, 0.29) is 35.2 Å². The summed E-state index contributed by atoms with van der Waals surface area (Å²) in [5.41, 5.74) is 5.66. The van der Waals surface area contributed by atoms with Crippen molar-refractivity contribution in [3.63, 3.8) is 0 Å². The molecule has 1 fully saturated rings. The van der Waals surface area contributed by atoms with E-state index in [0.29, 0.717) is 12.8 Å². The van der Waals surface area contributed by atoms with E-state index in [2.05, 4.69) is 10.9 Å². The van der Waals surface area contributed by atoms with Crippen molar-refractivity contribution in [1.29, 1.82) is 0 Å². The summed E-state index contributed by atoms with van der Waals surface area (Å²) in [4.78, 5) is 24.6. The molecule has 3 N–H and O–H groups in total. The average Bonchev–Trinajstić information content (AvgIpc) is 2.72. The number of benzene rings is 2. The number of para-hydroxylation sites is 1. The molecule has 29 heavy (non-hydrogen) atoms. The highest BCUT2D eigenvalue weighted by molar-refractivity contribution is 7.89. The van der Waals surface area contributed by atoms with Crippen molar-refractivity contribution >= 4 is 21.8 Å². The first-order chi connectivity index (χ1) is 13.8. The summed E-state index contributed by atoms with van der Waals surface area (Å²) in [5.74, 6) is -1.62. The molecule has 0 aliphatic carbocycles. The fourth-order valence-corrected chi connectivity index (χ4v) is 4.64. The molecule has 2 aromatic carbocycles. The van der Waals surface area contributed by atoms with Crippen molar-refractivity contribution in [1.82, 2.24) is 15.2 Å². The molecule has 0 unspecified atom stereocenters. The van der Waals surface area contributed by atoms with Crippen molar-refractivity contribution < 1.29 is 23.1 Å². The number of carbonyl (C=O) groups excluding carboxylic acids is 2. The SMILES string of the molecule is Cc1ccc(S(=O)(=O)N2CCC(C(=O)NNC(=O)c3ccccc3O)CC2)cc1. The van der Waals surface area contributed by atoms with Crippen molar-refractivity contribution in [2.24, 2.45) is 5.92 Å². The summed E-state index contributed by atoms with van der Waals surface area (Å²) in [7, 11) is -3.59. The zero-order chi connectivity index (χ0) is 21.0. The van der Waals surface area contributed by atoms with Crippen LogP contribution in [0.1, 0.15) is 28.8 Å². The first kappa shape index (κ1) is 20.8. The molecule has 1 aliphatic heterocycles. The van der Waals surface area contributed by atoms with E-state index >= 15 is 0 Å². The summed E-state index contributed by atoms with van der Waals surface area (Å²) in [5, 5.41) is 9.67. The Labute approximate surface area is 169 Å². The van der Waals surface area contributed by atoms with Crippen LogP contribution in [-0.2, 0) is 14.8 Å². The van der Waals surface area contributed by atoms with Crippen LogP contribution in [0.25, 0.3) is 0 Å². The van der Waals surface area contributed by atoms with Gasteiger partial charge in [0.2, 0.25) is 15.9 Å². The van der Waals surface area contributed by atoms with Crippen LogP contribution in [0, 0.1) is 12.8 Å². The predicted octanol–water partition coefficient (Wildman–Crippen LogP) is 1.56. The molecule has 2 aromatic rings. The summed E-state index contributed by atoms with van der Waals surface area (Å²) in [6.45, 7) is 2.34. The minimum atomic E-state index is -3.59. The molecule has 0 bridgehead atoms. The van der Waals surface area contributed by atoms with Crippen LogP contribution >= 0.6 is 0 Å². The van der Waals surface area contributed by atoms with Crippen LogP contribution in [0.15, 0.2) is 53.4 Å². The van der Waals surface area contributed by atoms with Crippen LogP contribution in [0.5, 0.6) is 5.75 Å². The molecular formula is C20H23N3O5S. The van der Waals surface area contributed by atoms with Gasteiger partial charge in [-0.1, -0.05) is 29.8 Å². The molecule has 0 radical (unpaired) electrons. The lowest BCUT2D eigenvalue weighted by Gasteiger charge is -2.30. The van der Waals surface area contributed by atoms with E-state index in [9.17, 15) is 23.1 Å². The molecular weight excluding hydrogens is 394 g/mol. The van der Waals surface area contributed by atoms with Gasteiger partial charge in [0, 0.05) is 19.0 Å². The van der Waals surface area contributed by atoms with Crippen molar-refractivity contribution in [3.8, 4) is 5.75 Å². The highest BCUT2D eigenvalue weighted by atomic mass is 32.2. The van der Waals surface area contributed by atoms with E-state index in [4.69, 9.17) is 0 Å². The van der Waals surface area contributed by atoms with Gasteiger partial charge >= 0.3 is 0 Å². The molecule has 1 heterocycles. The lowest BCUT2D eigenvalue weighted by atomic mass is 9.98. The number of nitrogens with one attached hydrogen (secondary N) is 2. The topological polar surface area (TPSA) is 116 Å². The molecule has 2 amide bonds. The Kier molecular flexibility index (Phi) is 6.19. The molecule has 1 saturated heterocycles. The van der Waals surface area contributed by atoms with Gasteiger partial charge in [-0.05, 0) is 44.0 Å². The molecule has 154 valence electrons. The Morgan fingerprint density at radius 2 is 1.62 bits per heavy atom. The number of amides is 2. The zero-order valence-electron chi connectivity index (χ0n) is 16.0. The van der Waals surface area contributed by atoms with Crippen molar-refractivity contribution in [2.75, 3.05) is 13.1 Å². The molecule has 0 atom stereocenters. The molecule has 8 nitrogen and oxygen atoms in total. The lowest BCUT2D eigenvalue weighted by molar-refractivity contribution is -0.126. The first-order valence-corrected chi connectivity index (χ1v) is 10.7. The van der Waals surface area contributed by atoms with Gasteiger partial charge in [0.15, 0.2) is 0 Å². The van der Waals surface area contributed by atoms with Crippen molar-refractivity contribution in [3.05, 3.63) is 59.7 Å². The fourth-order valence-electron chi connectivity index (χ4n) is 3.17. The largest absolute Gasteiger partial charge is 0.507 e. The number of rotatable bonds is 4. The molecule has 0 aromatic heterocycles. The quantitative estimate of drug-likeness (QED) is 0.653. The second-order valence-electron chi connectivity index (χ2n) is 6.95. The zero-order valence-corrected chi connectivity index (χ0v) is 16.8. The smallest absolute Gasteiger partial charge is 0.273 e. The number of hydrogen-bond donors (Lipinski definition) is 3. The third-order valence-electron chi connectivity index (χ3n) is 4.93. The molecule has 3 rings (SSSR count). The Hall–Kier alpha value is -2.91. The number of aryl methyl sites for hydroxylation is 1.